The first-order valence-corrected chi connectivity index (χ1v) is 11.2. The number of fused-ring (bicyclic) bond motifs is 2. The van der Waals surface area contributed by atoms with E-state index < -0.39 is 5.60 Å². The third-order valence-corrected chi connectivity index (χ3v) is 6.30. The lowest BCUT2D eigenvalue weighted by Gasteiger charge is -2.32. The SMILES string of the molecule is Cc1cc(Nc2ncnn3ccc(C4(O)CCNCC4)c23)ccc1Oc1ccn2ncnc2c1. The van der Waals surface area contributed by atoms with Crippen molar-refractivity contribution in [2.45, 2.75) is 25.4 Å². The van der Waals surface area contributed by atoms with Gasteiger partial charge in [-0.3, -0.25) is 0 Å². The lowest BCUT2D eigenvalue weighted by atomic mass is 9.85. The van der Waals surface area contributed by atoms with E-state index in [1.54, 1.807) is 9.03 Å². The monoisotopic (exact) mass is 456 g/mol. The molecule has 4 aromatic heterocycles. The van der Waals surface area contributed by atoms with Crippen LogP contribution in [0.1, 0.15) is 24.0 Å². The summed E-state index contributed by atoms with van der Waals surface area (Å²) >= 11 is 0. The summed E-state index contributed by atoms with van der Waals surface area (Å²) in [6, 6.07) is 11.5. The highest BCUT2D eigenvalue weighted by atomic mass is 16.5. The molecular formula is C24H24N8O2. The third kappa shape index (κ3) is 3.62. The van der Waals surface area contributed by atoms with Crippen molar-refractivity contribution in [3.63, 3.8) is 0 Å². The first kappa shape index (κ1) is 20.6. The smallest absolute Gasteiger partial charge is 0.158 e. The van der Waals surface area contributed by atoms with Crippen LogP contribution in [0.5, 0.6) is 11.5 Å². The molecule has 172 valence electrons. The van der Waals surface area contributed by atoms with Crippen molar-refractivity contribution in [2.24, 2.45) is 0 Å². The summed E-state index contributed by atoms with van der Waals surface area (Å²) in [6.45, 7) is 3.54. The molecule has 1 aliphatic rings. The Morgan fingerprint density at radius 3 is 2.65 bits per heavy atom. The molecule has 1 aliphatic heterocycles. The van der Waals surface area contributed by atoms with E-state index in [4.69, 9.17) is 4.74 Å². The number of anilines is 2. The van der Waals surface area contributed by atoms with Crippen LogP contribution in [0.25, 0.3) is 11.2 Å². The molecule has 0 unspecified atom stereocenters. The molecule has 0 bridgehead atoms. The van der Waals surface area contributed by atoms with Crippen molar-refractivity contribution in [1.82, 2.24) is 34.5 Å². The minimum atomic E-state index is -0.903. The third-order valence-electron chi connectivity index (χ3n) is 6.30. The number of nitrogens with zero attached hydrogens (tertiary/aromatic N) is 6. The van der Waals surface area contributed by atoms with Crippen LogP contribution in [0.15, 0.2) is 61.4 Å². The fourth-order valence-corrected chi connectivity index (χ4v) is 4.50. The Bertz CT molecular complexity index is 1490. The molecular weight excluding hydrogens is 432 g/mol. The molecule has 0 atom stereocenters. The fraction of sp³-hybridized carbons (Fsp3) is 0.250. The van der Waals surface area contributed by atoms with Crippen LogP contribution in [-0.2, 0) is 5.60 Å². The van der Waals surface area contributed by atoms with E-state index in [0.29, 0.717) is 24.4 Å². The first-order chi connectivity index (χ1) is 16.6. The summed E-state index contributed by atoms with van der Waals surface area (Å²) in [5, 5.41) is 26.5. The normalized spacial score (nSPS) is 15.6. The van der Waals surface area contributed by atoms with E-state index in [2.05, 4.69) is 30.8 Å². The van der Waals surface area contributed by atoms with Crippen LogP contribution in [0.2, 0.25) is 0 Å². The van der Waals surface area contributed by atoms with Crippen molar-refractivity contribution in [3.05, 3.63) is 72.6 Å². The second-order valence-electron chi connectivity index (χ2n) is 8.55. The Labute approximate surface area is 195 Å². The maximum Gasteiger partial charge on any atom is 0.158 e. The van der Waals surface area contributed by atoms with Crippen LogP contribution in [0.4, 0.5) is 11.5 Å². The summed E-state index contributed by atoms with van der Waals surface area (Å²) in [4.78, 5) is 8.69. The highest BCUT2D eigenvalue weighted by Crippen LogP contribution is 2.37. The van der Waals surface area contributed by atoms with E-state index in [9.17, 15) is 5.11 Å². The average molecular weight is 457 g/mol. The van der Waals surface area contributed by atoms with Crippen molar-refractivity contribution in [3.8, 4) is 11.5 Å². The zero-order valence-corrected chi connectivity index (χ0v) is 18.6. The van der Waals surface area contributed by atoms with Crippen molar-refractivity contribution in [1.29, 1.82) is 0 Å². The van der Waals surface area contributed by atoms with Gasteiger partial charge < -0.3 is 20.5 Å². The van der Waals surface area contributed by atoms with Gasteiger partial charge in [0.05, 0.1) is 5.60 Å². The molecule has 1 aromatic carbocycles. The Morgan fingerprint density at radius 2 is 1.79 bits per heavy atom. The predicted molar refractivity (Wildman–Crippen MR) is 127 cm³/mol. The fourth-order valence-electron chi connectivity index (χ4n) is 4.50. The van der Waals surface area contributed by atoms with Gasteiger partial charge in [0.1, 0.15) is 29.7 Å². The maximum absolute atomic E-state index is 11.3. The quantitative estimate of drug-likeness (QED) is 0.370. The molecule has 1 fully saturated rings. The van der Waals surface area contributed by atoms with Crippen molar-refractivity contribution < 1.29 is 9.84 Å². The number of ether oxygens (including phenoxy) is 1. The van der Waals surface area contributed by atoms with Crippen LogP contribution in [0.3, 0.4) is 0 Å². The number of rotatable bonds is 5. The van der Waals surface area contributed by atoms with Crippen LogP contribution >= 0.6 is 0 Å². The summed E-state index contributed by atoms with van der Waals surface area (Å²) in [6.07, 6.45) is 7.99. The van der Waals surface area contributed by atoms with Gasteiger partial charge in [0.25, 0.3) is 0 Å². The zero-order valence-electron chi connectivity index (χ0n) is 18.6. The number of piperidine rings is 1. The molecule has 5 aromatic rings. The molecule has 1 saturated heterocycles. The maximum atomic E-state index is 11.3. The zero-order chi connectivity index (χ0) is 23.1. The van der Waals surface area contributed by atoms with Crippen LogP contribution < -0.4 is 15.4 Å². The standard InChI is InChI=1S/C24H24N8O2/c1-16-12-17(2-3-20(16)34-18-4-10-31-21(13-18)26-14-28-31)30-23-22-19(5-11-32(22)29-15-27-23)24(33)6-8-25-9-7-24/h2-5,10-15,25,33H,6-9H2,1H3,(H,27,29,30). The highest BCUT2D eigenvalue weighted by molar-refractivity contribution is 5.77. The van der Waals surface area contributed by atoms with E-state index in [1.165, 1.54) is 12.7 Å². The van der Waals surface area contributed by atoms with Gasteiger partial charge in [-0.15, -0.1) is 0 Å². The second-order valence-corrected chi connectivity index (χ2v) is 8.55. The van der Waals surface area contributed by atoms with Gasteiger partial charge in [-0.2, -0.15) is 10.2 Å². The van der Waals surface area contributed by atoms with Crippen molar-refractivity contribution in [2.75, 3.05) is 18.4 Å². The topological polar surface area (TPSA) is 114 Å². The van der Waals surface area contributed by atoms with Crippen molar-refractivity contribution >= 4 is 22.7 Å². The van der Waals surface area contributed by atoms with Gasteiger partial charge >= 0.3 is 0 Å². The van der Waals surface area contributed by atoms with E-state index in [-0.39, 0.29) is 0 Å². The average Bonchev–Trinajstić information content (AvgIpc) is 3.49. The summed E-state index contributed by atoms with van der Waals surface area (Å²) in [5.74, 6) is 2.08. The van der Waals surface area contributed by atoms with E-state index in [0.717, 1.165) is 46.8 Å². The number of aliphatic hydroxyl groups is 1. The minimum absolute atomic E-state index is 0.646. The van der Waals surface area contributed by atoms with Crippen LogP contribution in [0, 0.1) is 6.92 Å². The molecule has 6 rings (SSSR count). The van der Waals surface area contributed by atoms with Gasteiger partial charge in [-0.05, 0) is 68.8 Å². The molecule has 5 heterocycles. The van der Waals surface area contributed by atoms with Gasteiger partial charge in [-0.1, -0.05) is 0 Å². The molecule has 10 nitrogen and oxygen atoms in total. The largest absolute Gasteiger partial charge is 0.457 e. The number of benzene rings is 1. The summed E-state index contributed by atoms with van der Waals surface area (Å²) < 4.78 is 9.53. The molecule has 0 amide bonds. The summed E-state index contributed by atoms with van der Waals surface area (Å²) in [5.41, 5.74) is 3.27. The van der Waals surface area contributed by atoms with Gasteiger partial charge in [0.15, 0.2) is 11.5 Å². The van der Waals surface area contributed by atoms with Crippen LogP contribution in [-0.4, -0.2) is 47.4 Å². The summed E-state index contributed by atoms with van der Waals surface area (Å²) in [7, 11) is 0. The molecule has 0 saturated carbocycles. The molecule has 10 heteroatoms. The van der Waals surface area contributed by atoms with Gasteiger partial charge in [0.2, 0.25) is 0 Å². The number of aromatic nitrogens is 6. The molecule has 0 radical (unpaired) electrons. The second kappa shape index (κ2) is 8.08. The number of nitrogens with one attached hydrogen (secondary N) is 2. The number of hydrogen-bond donors (Lipinski definition) is 3. The Hall–Kier alpha value is -4.02. The molecule has 3 N–H and O–H groups in total. The van der Waals surface area contributed by atoms with Gasteiger partial charge in [-0.25, -0.2) is 19.0 Å². The Balaban J connectivity index is 1.29. The number of aryl methyl sites for hydroxylation is 1. The van der Waals surface area contributed by atoms with E-state index >= 15 is 0 Å². The molecule has 0 spiro atoms. The van der Waals surface area contributed by atoms with Gasteiger partial charge in [0, 0.05) is 29.7 Å². The molecule has 34 heavy (non-hydrogen) atoms. The number of pyridine rings is 1. The minimum Gasteiger partial charge on any atom is -0.457 e. The number of hydrogen-bond acceptors (Lipinski definition) is 8. The Kier molecular flexibility index (Phi) is 4.89. The highest BCUT2D eigenvalue weighted by Gasteiger charge is 2.34. The first-order valence-electron chi connectivity index (χ1n) is 11.2. The molecule has 0 aliphatic carbocycles. The Morgan fingerprint density at radius 1 is 1.00 bits per heavy atom. The lowest BCUT2D eigenvalue weighted by Crippen LogP contribution is -2.39. The lowest BCUT2D eigenvalue weighted by molar-refractivity contribution is 0.00738. The van der Waals surface area contributed by atoms with E-state index in [1.807, 2.05) is 55.7 Å². The predicted octanol–water partition coefficient (Wildman–Crippen LogP) is 3.19.